The fourth-order valence-electron chi connectivity index (χ4n) is 1.68. The second-order valence-electron chi connectivity index (χ2n) is 3.61. The van der Waals surface area contributed by atoms with Crippen molar-refractivity contribution in [2.75, 3.05) is 0 Å². The van der Waals surface area contributed by atoms with Gasteiger partial charge in [-0.15, -0.1) is 0 Å². The second kappa shape index (κ2) is 4.47. The number of pyridine rings is 1. The Balaban J connectivity index is 1.92. The lowest BCUT2D eigenvalue weighted by atomic mass is 10.3. The van der Waals surface area contributed by atoms with Gasteiger partial charge in [0.15, 0.2) is 0 Å². The Bertz CT molecular complexity index is 586. The van der Waals surface area contributed by atoms with E-state index in [-0.39, 0.29) is 0 Å². The fourth-order valence-corrected chi connectivity index (χ4v) is 2.19. The first-order valence-electron chi connectivity index (χ1n) is 5.24. The molecule has 0 saturated carbocycles. The molecule has 0 amide bonds. The van der Waals surface area contributed by atoms with E-state index in [1.54, 1.807) is 12.4 Å². The first-order valence-corrected chi connectivity index (χ1v) is 6.08. The van der Waals surface area contributed by atoms with Crippen LogP contribution < -0.4 is 0 Å². The molecule has 84 valence electrons. The molecule has 4 nitrogen and oxygen atoms in total. The molecule has 0 aromatic carbocycles. The average Bonchev–Trinajstić information content (AvgIpc) is 3.00. The summed E-state index contributed by atoms with van der Waals surface area (Å²) in [5.41, 5.74) is 2.07. The number of hydrogen-bond donors (Lipinski definition) is 0. The molecule has 5 heteroatoms. The first kappa shape index (κ1) is 10.2. The summed E-state index contributed by atoms with van der Waals surface area (Å²) in [6.07, 6.45) is 7.40. The molecule has 0 aliphatic heterocycles. The largest absolute Gasteiger partial charge is 0.325 e. The van der Waals surface area contributed by atoms with Crippen molar-refractivity contribution in [2.24, 2.45) is 0 Å². The molecule has 0 spiro atoms. The molecule has 0 bridgehead atoms. The van der Waals surface area contributed by atoms with Crippen LogP contribution in [0.4, 0.5) is 0 Å². The van der Waals surface area contributed by atoms with Crippen molar-refractivity contribution in [3.8, 4) is 11.4 Å². The van der Waals surface area contributed by atoms with Crippen LogP contribution in [-0.2, 0) is 6.54 Å². The molecule has 3 rings (SSSR count). The highest BCUT2D eigenvalue weighted by molar-refractivity contribution is 7.03. The summed E-state index contributed by atoms with van der Waals surface area (Å²) in [7, 11) is 0. The number of hydrogen-bond acceptors (Lipinski definition) is 4. The van der Waals surface area contributed by atoms with Crippen molar-refractivity contribution in [1.29, 1.82) is 0 Å². The summed E-state index contributed by atoms with van der Waals surface area (Å²) in [4.78, 5) is 8.67. The van der Waals surface area contributed by atoms with Gasteiger partial charge in [0, 0.05) is 29.5 Å². The Morgan fingerprint density at radius 3 is 2.94 bits per heavy atom. The van der Waals surface area contributed by atoms with Gasteiger partial charge >= 0.3 is 0 Å². The van der Waals surface area contributed by atoms with Gasteiger partial charge in [0.1, 0.15) is 5.82 Å². The highest BCUT2D eigenvalue weighted by atomic mass is 32.1. The van der Waals surface area contributed by atoms with Crippen molar-refractivity contribution in [1.82, 2.24) is 18.9 Å². The lowest BCUT2D eigenvalue weighted by molar-refractivity contribution is 0.782. The number of nitrogens with zero attached hydrogens (tertiary/aromatic N) is 4. The molecule has 0 radical (unpaired) electrons. The molecule has 0 N–H and O–H groups in total. The van der Waals surface area contributed by atoms with Gasteiger partial charge in [0.05, 0.1) is 18.4 Å². The van der Waals surface area contributed by atoms with Crippen molar-refractivity contribution in [3.63, 3.8) is 0 Å². The quantitative estimate of drug-likeness (QED) is 0.708. The molecular formula is C12H10N4S. The van der Waals surface area contributed by atoms with Gasteiger partial charge in [-0.05, 0) is 23.7 Å². The lowest BCUT2D eigenvalue weighted by Gasteiger charge is -2.05. The maximum absolute atomic E-state index is 4.36. The summed E-state index contributed by atoms with van der Waals surface area (Å²) < 4.78 is 6.17. The summed E-state index contributed by atoms with van der Waals surface area (Å²) in [6.45, 7) is 0.728. The zero-order valence-corrected chi connectivity index (χ0v) is 9.84. The van der Waals surface area contributed by atoms with E-state index < -0.39 is 0 Å². The third-order valence-electron chi connectivity index (χ3n) is 2.46. The molecule has 3 heterocycles. The molecule has 0 aliphatic rings. The summed E-state index contributed by atoms with van der Waals surface area (Å²) in [5, 5.41) is 2.00. The topological polar surface area (TPSA) is 43.6 Å². The Labute approximate surface area is 103 Å². The van der Waals surface area contributed by atoms with Gasteiger partial charge in [0.2, 0.25) is 0 Å². The highest BCUT2D eigenvalue weighted by Crippen LogP contribution is 2.18. The van der Waals surface area contributed by atoms with Crippen LogP contribution in [0.1, 0.15) is 5.69 Å². The molecule has 3 aromatic rings. The predicted molar refractivity (Wildman–Crippen MR) is 66.7 cm³/mol. The van der Waals surface area contributed by atoms with Crippen LogP contribution in [0.15, 0.2) is 48.4 Å². The maximum Gasteiger partial charge on any atom is 0.142 e. The average molecular weight is 242 g/mol. The zero-order chi connectivity index (χ0) is 11.5. The van der Waals surface area contributed by atoms with Crippen LogP contribution in [0.5, 0.6) is 0 Å². The standard InChI is InChI=1S/C12H10N4S/c1-2-4-13-11(3-1)8-16-6-5-14-12(16)10-7-15-17-9-10/h1-7,9H,8H2. The summed E-state index contributed by atoms with van der Waals surface area (Å²) >= 11 is 1.43. The van der Waals surface area contributed by atoms with Crippen molar-refractivity contribution in [2.45, 2.75) is 6.54 Å². The van der Waals surface area contributed by atoms with E-state index in [4.69, 9.17) is 0 Å². The van der Waals surface area contributed by atoms with Gasteiger partial charge in [-0.1, -0.05) is 6.07 Å². The van der Waals surface area contributed by atoms with Gasteiger partial charge in [-0.3, -0.25) is 4.98 Å². The van der Waals surface area contributed by atoms with E-state index >= 15 is 0 Å². The van der Waals surface area contributed by atoms with Crippen LogP contribution in [0.2, 0.25) is 0 Å². The Morgan fingerprint density at radius 2 is 2.18 bits per heavy atom. The third-order valence-corrected chi connectivity index (χ3v) is 3.05. The molecule has 0 aliphatic carbocycles. The Kier molecular flexibility index (Phi) is 2.67. The second-order valence-corrected chi connectivity index (χ2v) is 4.27. The minimum absolute atomic E-state index is 0.728. The van der Waals surface area contributed by atoms with Gasteiger partial charge in [0.25, 0.3) is 0 Å². The smallest absolute Gasteiger partial charge is 0.142 e. The SMILES string of the molecule is c1ccc(Cn2ccnc2-c2cnsc2)nc1. The van der Waals surface area contributed by atoms with E-state index in [1.807, 2.05) is 36.0 Å². The molecule has 0 saturated heterocycles. The van der Waals surface area contributed by atoms with Gasteiger partial charge in [-0.2, -0.15) is 0 Å². The maximum atomic E-state index is 4.36. The van der Waals surface area contributed by atoms with E-state index in [1.165, 1.54) is 11.5 Å². The van der Waals surface area contributed by atoms with Crippen LogP contribution in [0.25, 0.3) is 11.4 Å². The zero-order valence-electron chi connectivity index (χ0n) is 9.02. The fraction of sp³-hybridized carbons (Fsp3) is 0.0833. The minimum atomic E-state index is 0.728. The Hall–Kier alpha value is -2.01. The van der Waals surface area contributed by atoms with Crippen molar-refractivity contribution >= 4 is 11.5 Å². The molecule has 3 aromatic heterocycles. The molecular weight excluding hydrogens is 232 g/mol. The lowest BCUT2D eigenvalue weighted by Crippen LogP contribution is -2.02. The Morgan fingerprint density at radius 1 is 1.18 bits per heavy atom. The van der Waals surface area contributed by atoms with Gasteiger partial charge < -0.3 is 4.57 Å². The highest BCUT2D eigenvalue weighted by Gasteiger charge is 2.07. The number of rotatable bonds is 3. The monoisotopic (exact) mass is 242 g/mol. The molecule has 0 atom stereocenters. The third kappa shape index (κ3) is 2.09. The van der Waals surface area contributed by atoms with E-state index in [0.29, 0.717) is 0 Å². The normalized spacial score (nSPS) is 10.6. The van der Waals surface area contributed by atoms with Crippen LogP contribution in [0.3, 0.4) is 0 Å². The van der Waals surface area contributed by atoms with Gasteiger partial charge in [-0.25, -0.2) is 9.36 Å². The number of imidazole rings is 1. The van der Waals surface area contributed by atoms with Crippen LogP contribution in [-0.4, -0.2) is 18.9 Å². The summed E-state index contributed by atoms with van der Waals surface area (Å²) in [6, 6.07) is 5.92. The first-order chi connectivity index (χ1) is 8.43. The number of aromatic nitrogens is 4. The van der Waals surface area contributed by atoms with E-state index in [9.17, 15) is 0 Å². The summed E-state index contributed by atoms with van der Waals surface area (Å²) in [5.74, 6) is 0.935. The molecule has 0 fully saturated rings. The molecule has 0 unspecified atom stereocenters. The van der Waals surface area contributed by atoms with Crippen molar-refractivity contribution in [3.05, 3.63) is 54.1 Å². The predicted octanol–water partition coefficient (Wildman–Crippen LogP) is 2.45. The van der Waals surface area contributed by atoms with Crippen LogP contribution >= 0.6 is 11.5 Å². The van der Waals surface area contributed by atoms with Crippen molar-refractivity contribution < 1.29 is 0 Å². The van der Waals surface area contributed by atoms with Crippen LogP contribution in [0, 0.1) is 0 Å². The minimum Gasteiger partial charge on any atom is -0.325 e. The molecule has 17 heavy (non-hydrogen) atoms. The van der Waals surface area contributed by atoms with E-state index in [2.05, 4.69) is 18.9 Å². The van der Waals surface area contributed by atoms with E-state index in [0.717, 1.165) is 23.6 Å².